The monoisotopic (exact) mass is 375 g/mol. The molecule has 1 aliphatic heterocycles. The van der Waals surface area contributed by atoms with Crippen LogP contribution in [0, 0.1) is 0 Å². The summed E-state index contributed by atoms with van der Waals surface area (Å²) in [6, 6.07) is 12.9. The number of nitrogens with one attached hydrogen (secondary N) is 2. The molecule has 1 saturated heterocycles. The van der Waals surface area contributed by atoms with Crippen molar-refractivity contribution >= 4 is 22.9 Å². The molecule has 0 bridgehead atoms. The summed E-state index contributed by atoms with van der Waals surface area (Å²) in [4.78, 5) is 29.1. The van der Waals surface area contributed by atoms with Gasteiger partial charge in [0.15, 0.2) is 11.5 Å². The molecule has 1 atom stereocenters. The van der Waals surface area contributed by atoms with Gasteiger partial charge in [-0.1, -0.05) is 18.2 Å². The number of aromatic nitrogens is 1. The van der Waals surface area contributed by atoms with Crippen LogP contribution in [0.2, 0.25) is 0 Å². The first-order valence-corrected chi connectivity index (χ1v) is 9.77. The fourth-order valence-electron chi connectivity index (χ4n) is 3.62. The number of oxazole rings is 1. The van der Waals surface area contributed by atoms with E-state index < -0.39 is 6.04 Å². The van der Waals surface area contributed by atoms with Crippen LogP contribution in [0.25, 0.3) is 22.2 Å². The van der Waals surface area contributed by atoms with Crippen LogP contribution in [0.4, 0.5) is 0 Å². The highest BCUT2D eigenvalue weighted by Crippen LogP contribution is 2.40. The zero-order chi connectivity index (χ0) is 19.1. The summed E-state index contributed by atoms with van der Waals surface area (Å²) >= 11 is 0. The maximum atomic E-state index is 12.6. The van der Waals surface area contributed by atoms with Gasteiger partial charge in [0.05, 0.1) is 0 Å². The molecule has 6 nitrogen and oxygen atoms in total. The van der Waals surface area contributed by atoms with Gasteiger partial charge in [-0.3, -0.25) is 9.59 Å². The molecule has 0 radical (unpaired) electrons. The van der Waals surface area contributed by atoms with Gasteiger partial charge in [0.2, 0.25) is 5.91 Å². The molecule has 0 unspecified atom stereocenters. The number of piperidine rings is 1. The fraction of sp³-hybridized carbons (Fsp3) is 0.318. The molecule has 28 heavy (non-hydrogen) atoms. The number of fused-ring (bicyclic) bond motifs is 1. The number of benzene rings is 2. The van der Waals surface area contributed by atoms with Gasteiger partial charge in [0, 0.05) is 18.0 Å². The predicted molar refractivity (Wildman–Crippen MR) is 105 cm³/mol. The second-order valence-electron chi connectivity index (χ2n) is 7.55. The van der Waals surface area contributed by atoms with Gasteiger partial charge in [-0.15, -0.1) is 0 Å². The zero-order valence-corrected chi connectivity index (χ0v) is 15.4. The highest BCUT2D eigenvalue weighted by atomic mass is 16.3. The van der Waals surface area contributed by atoms with Crippen LogP contribution in [0.15, 0.2) is 46.9 Å². The van der Waals surface area contributed by atoms with Crippen molar-refractivity contribution in [3.05, 3.63) is 53.9 Å². The molecule has 2 fully saturated rings. The lowest BCUT2D eigenvalue weighted by molar-refractivity contribution is -0.124. The van der Waals surface area contributed by atoms with E-state index >= 15 is 0 Å². The van der Waals surface area contributed by atoms with Crippen LogP contribution < -0.4 is 10.6 Å². The van der Waals surface area contributed by atoms with Crippen molar-refractivity contribution in [2.24, 2.45) is 0 Å². The lowest BCUT2D eigenvalue weighted by atomic mass is 10.0. The van der Waals surface area contributed by atoms with Gasteiger partial charge in [0.1, 0.15) is 11.6 Å². The molecule has 2 heterocycles. The molecule has 2 N–H and O–H groups in total. The summed E-state index contributed by atoms with van der Waals surface area (Å²) < 4.78 is 5.83. The van der Waals surface area contributed by atoms with Crippen LogP contribution in [0.1, 0.15) is 47.8 Å². The molecule has 5 rings (SSSR count). The lowest BCUT2D eigenvalue weighted by Gasteiger charge is -2.22. The summed E-state index contributed by atoms with van der Waals surface area (Å²) in [5.41, 5.74) is 4.08. The van der Waals surface area contributed by atoms with Crippen molar-refractivity contribution < 1.29 is 14.0 Å². The minimum atomic E-state index is -0.461. The number of carbonyl (C=O) groups excluding carboxylic acids is 2. The summed E-state index contributed by atoms with van der Waals surface area (Å²) in [5, 5.41) is 5.63. The van der Waals surface area contributed by atoms with E-state index in [0.717, 1.165) is 47.4 Å². The summed E-state index contributed by atoms with van der Waals surface area (Å²) in [6.45, 7) is 0.674. The third-order valence-corrected chi connectivity index (χ3v) is 5.38. The van der Waals surface area contributed by atoms with Crippen LogP contribution in [-0.2, 0) is 4.79 Å². The standard InChI is InChI=1S/C22H21N3O3/c26-20(24-17-5-2-10-23-21(17)27)16-4-1-3-14(11-16)15-8-9-19-18(12-15)25-22(28-19)13-6-7-13/h1,3-4,8-9,11-13,17H,2,5-7,10H2,(H,23,27)(H,24,26)/t17-/m1/s1. The topological polar surface area (TPSA) is 84.2 Å². The van der Waals surface area contributed by atoms with Crippen molar-refractivity contribution in [1.82, 2.24) is 15.6 Å². The molecule has 0 spiro atoms. The first-order chi connectivity index (χ1) is 13.7. The first kappa shape index (κ1) is 17.0. The average Bonchev–Trinajstić information content (AvgIpc) is 3.48. The van der Waals surface area contributed by atoms with E-state index in [-0.39, 0.29) is 11.8 Å². The molecule has 2 amide bonds. The van der Waals surface area contributed by atoms with Crippen molar-refractivity contribution in [2.45, 2.75) is 37.6 Å². The Hall–Kier alpha value is -3.15. The van der Waals surface area contributed by atoms with Crippen molar-refractivity contribution in [1.29, 1.82) is 0 Å². The predicted octanol–water partition coefficient (Wildman–Crippen LogP) is 3.38. The first-order valence-electron chi connectivity index (χ1n) is 9.77. The minimum Gasteiger partial charge on any atom is -0.440 e. The Kier molecular flexibility index (Phi) is 4.11. The van der Waals surface area contributed by atoms with Crippen LogP contribution in [0.3, 0.4) is 0 Å². The van der Waals surface area contributed by atoms with E-state index in [4.69, 9.17) is 4.42 Å². The number of hydrogen-bond donors (Lipinski definition) is 2. The zero-order valence-electron chi connectivity index (χ0n) is 15.4. The Morgan fingerprint density at radius 3 is 2.79 bits per heavy atom. The van der Waals surface area contributed by atoms with Crippen LogP contribution in [0.5, 0.6) is 0 Å². The summed E-state index contributed by atoms with van der Waals surface area (Å²) in [6.07, 6.45) is 3.84. The lowest BCUT2D eigenvalue weighted by Crippen LogP contribution is -2.50. The van der Waals surface area contributed by atoms with Gasteiger partial charge < -0.3 is 15.1 Å². The third-order valence-electron chi connectivity index (χ3n) is 5.38. The molecule has 1 aliphatic carbocycles. The van der Waals surface area contributed by atoms with Crippen molar-refractivity contribution in [3.63, 3.8) is 0 Å². The van der Waals surface area contributed by atoms with Crippen molar-refractivity contribution in [2.75, 3.05) is 6.54 Å². The Balaban J connectivity index is 1.39. The van der Waals surface area contributed by atoms with E-state index in [9.17, 15) is 9.59 Å². The van der Waals surface area contributed by atoms with E-state index in [1.165, 1.54) is 0 Å². The molecule has 1 saturated carbocycles. The van der Waals surface area contributed by atoms with E-state index in [0.29, 0.717) is 24.4 Å². The van der Waals surface area contributed by atoms with Gasteiger partial charge >= 0.3 is 0 Å². The number of nitrogens with zero attached hydrogens (tertiary/aromatic N) is 1. The second kappa shape index (κ2) is 6.78. The molecule has 3 aromatic rings. The molecule has 6 heteroatoms. The second-order valence-corrected chi connectivity index (χ2v) is 7.55. The third kappa shape index (κ3) is 3.26. The van der Waals surface area contributed by atoms with Gasteiger partial charge in [-0.25, -0.2) is 4.98 Å². The van der Waals surface area contributed by atoms with Crippen LogP contribution in [-0.4, -0.2) is 29.4 Å². The summed E-state index contributed by atoms with van der Waals surface area (Å²) in [7, 11) is 0. The van der Waals surface area contributed by atoms with E-state index in [1.54, 1.807) is 6.07 Å². The van der Waals surface area contributed by atoms with Crippen LogP contribution >= 0.6 is 0 Å². The van der Waals surface area contributed by atoms with E-state index in [2.05, 4.69) is 15.6 Å². The number of rotatable bonds is 4. The van der Waals surface area contributed by atoms with Gasteiger partial charge in [-0.2, -0.15) is 0 Å². The average molecular weight is 375 g/mol. The molecular weight excluding hydrogens is 354 g/mol. The largest absolute Gasteiger partial charge is 0.440 e. The number of carbonyl (C=O) groups is 2. The highest BCUT2D eigenvalue weighted by Gasteiger charge is 2.29. The Morgan fingerprint density at radius 2 is 1.96 bits per heavy atom. The molecule has 2 aliphatic rings. The SMILES string of the molecule is O=C(N[C@@H]1CCCNC1=O)c1cccc(-c2ccc3oc(C4CC4)nc3c2)c1. The highest BCUT2D eigenvalue weighted by molar-refractivity contribution is 5.98. The quantitative estimate of drug-likeness (QED) is 0.732. The van der Waals surface area contributed by atoms with Gasteiger partial charge in [-0.05, 0) is 61.1 Å². The molecule has 2 aromatic carbocycles. The minimum absolute atomic E-state index is 0.112. The molecular formula is C22H21N3O3. The summed E-state index contributed by atoms with van der Waals surface area (Å²) in [5.74, 6) is 0.951. The maximum Gasteiger partial charge on any atom is 0.251 e. The fourth-order valence-corrected chi connectivity index (χ4v) is 3.62. The van der Waals surface area contributed by atoms with E-state index in [1.807, 2.05) is 36.4 Å². The van der Waals surface area contributed by atoms with Gasteiger partial charge in [0.25, 0.3) is 5.91 Å². The number of hydrogen-bond acceptors (Lipinski definition) is 4. The molecule has 1 aromatic heterocycles. The maximum absolute atomic E-state index is 12.6. The van der Waals surface area contributed by atoms with Crippen molar-refractivity contribution in [3.8, 4) is 11.1 Å². The Labute approximate surface area is 162 Å². The molecule has 142 valence electrons. The Morgan fingerprint density at radius 1 is 1.11 bits per heavy atom. The smallest absolute Gasteiger partial charge is 0.251 e. The normalized spacial score (nSPS) is 19.4. The Bertz CT molecular complexity index is 1070. The number of amides is 2.